The van der Waals surface area contributed by atoms with Gasteiger partial charge in [-0.3, -0.25) is 9.48 Å². The zero-order valence-corrected chi connectivity index (χ0v) is 16.8. The number of carbonyl (C=O) groups is 1. The van der Waals surface area contributed by atoms with Crippen molar-refractivity contribution < 1.29 is 13.6 Å². The van der Waals surface area contributed by atoms with E-state index < -0.39 is 13.0 Å². The zero-order valence-electron chi connectivity index (χ0n) is 16.8. The molecule has 0 unspecified atom stereocenters. The van der Waals surface area contributed by atoms with Crippen LogP contribution in [-0.4, -0.2) is 48.4 Å². The van der Waals surface area contributed by atoms with E-state index >= 15 is 0 Å². The molecule has 0 radical (unpaired) electrons. The lowest BCUT2D eigenvalue weighted by atomic mass is 10.2. The summed E-state index contributed by atoms with van der Waals surface area (Å²) in [4.78, 5) is 21.1. The summed E-state index contributed by atoms with van der Waals surface area (Å²) in [5.41, 5.74) is 1.96. The maximum absolute atomic E-state index is 12.6. The summed E-state index contributed by atoms with van der Waals surface area (Å²) in [7, 11) is 0. The van der Waals surface area contributed by atoms with Crippen molar-refractivity contribution in [2.45, 2.75) is 19.9 Å². The smallest absolute Gasteiger partial charge is 0.257 e. The monoisotopic (exact) mass is 437 g/mol. The first-order valence-corrected chi connectivity index (χ1v) is 9.58. The van der Waals surface area contributed by atoms with Crippen LogP contribution in [0.4, 0.5) is 20.2 Å². The van der Waals surface area contributed by atoms with Crippen molar-refractivity contribution in [3.8, 4) is 11.9 Å². The van der Waals surface area contributed by atoms with E-state index in [2.05, 4.69) is 30.8 Å². The van der Waals surface area contributed by atoms with Crippen LogP contribution in [0.25, 0.3) is 16.9 Å². The number of pyridine rings is 2. The molecule has 4 aromatic heterocycles. The van der Waals surface area contributed by atoms with E-state index in [0.717, 1.165) is 4.68 Å². The molecule has 4 aromatic rings. The van der Waals surface area contributed by atoms with Crippen LogP contribution in [-0.2, 0) is 6.54 Å². The summed E-state index contributed by atoms with van der Waals surface area (Å²) < 4.78 is 27.8. The first-order chi connectivity index (χ1) is 15.5. The van der Waals surface area contributed by atoms with Gasteiger partial charge in [-0.15, -0.1) is 0 Å². The molecule has 0 spiro atoms. The number of nitrogens with one attached hydrogen (secondary N) is 2. The number of aromatic nitrogens is 6. The molecule has 0 aliphatic rings. The molecule has 0 aromatic carbocycles. The summed E-state index contributed by atoms with van der Waals surface area (Å²) in [6.07, 6.45) is 4.65. The molecule has 2 N–H and O–H groups in total. The summed E-state index contributed by atoms with van der Waals surface area (Å²) in [6.45, 7) is 1.67. The Balaban J connectivity index is 1.74. The number of fused-ring (bicyclic) bond motifs is 1. The predicted molar refractivity (Wildman–Crippen MR) is 111 cm³/mol. The van der Waals surface area contributed by atoms with Crippen LogP contribution in [0.15, 0.2) is 43.1 Å². The minimum Gasteiger partial charge on any atom is -0.352 e. The van der Waals surface area contributed by atoms with Gasteiger partial charge in [0.2, 0.25) is 0 Å². The lowest BCUT2D eigenvalue weighted by Gasteiger charge is -2.12. The molecular weight excluding hydrogens is 420 g/mol. The van der Waals surface area contributed by atoms with Crippen molar-refractivity contribution in [2.75, 3.05) is 11.9 Å². The van der Waals surface area contributed by atoms with Gasteiger partial charge in [-0.05, 0) is 13.0 Å². The Bertz CT molecular complexity index is 1320. The van der Waals surface area contributed by atoms with Gasteiger partial charge in [0.25, 0.3) is 12.3 Å². The second-order valence-electron chi connectivity index (χ2n) is 6.72. The number of carbonyl (C=O) groups excluding carboxylic acids is 1. The van der Waals surface area contributed by atoms with Crippen molar-refractivity contribution in [1.82, 2.24) is 34.8 Å². The number of rotatable bonds is 7. The van der Waals surface area contributed by atoms with Crippen LogP contribution >= 0.6 is 0 Å². The highest BCUT2D eigenvalue weighted by Gasteiger charge is 2.16. The largest absolute Gasteiger partial charge is 0.352 e. The van der Waals surface area contributed by atoms with Crippen LogP contribution in [0.1, 0.15) is 22.8 Å². The Hall–Kier alpha value is -4.40. The van der Waals surface area contributed by atoms with Gasteiger partial charge < -0.3 is 10.6 Å². The summed E-state index contributed by atoms with van der Waals surface area (Å²) >= 11 is 0. The molecule has 1 amide bonds. The topological polar surface area (TPSA) is 126 Å². The highest BCUT2D eigenvalue weighted by Crippen LogP contribution is 2.24. The van der Waals surface area contributed by atoms with Crippen molar-refractivity contribution in [1.29, 1.82) is 5.26 Å². The van der Waals surface area contributed by atoms with Crippen LogP contribution in [0.5, 0.6) is 0 Å². The van der Waals surface area contributed by atoms with Gasteiger partial charge in [0.05, 0.1) is 34.9 Å². The van der Waals surface area contributed by atoms with Gasteiger partial charge in [0.1, 0.15) is 12.6 Å². The molecule has 0 bridgehead atoms. The fourth-order valence-corrected chi connectivity index (χ4v) is 3.08. The van der Waals surface area contributed by atoms with Gasteiger partial charge in [0.15, 0.2) is 11.5 Å². The third-order valence-electron chi connectivity index (χ3n) is 4.46. The Morgan fingerprint density at radius 2 is 2.03 bits per heavy atom. The maximum Gasteiger partial charge on any atom is 0.257 e. The third-order valence-corrected chi connectivity index (χ3v) is 4.46. The van der Waals surface area contributed by atoms with Crippen molar-refractivity contribution in [3.05, 3.63) is 54.2 Å². The highest BCUT2D eigenvalue weighted by atomic mass is 19.3. The first kappa shape index (κ1) is 20.9. The maximum atomic E-state index is 12.6. The van der Waals surface area contributed by atoms with E-state index in [4.69, 9.17) is 5.26 Å². The molecule has 4 rings (SSSR count). The Morgan fingerprint density at radius 1 is 1.19 bits per heavy atom. The Kier molecular flexibility index (Phi) is 5.71. The third kappa shape index (κ3) is 4.22. The van der Waals surface area contributed by atoms with E-state index in [-0.39, 0.29) is 11.5 Å². The fraction of sp³-hybridized carbons (Fsp3) is 0.200. The molecule has 162 valence electrons. The van der Waals surface area contributed by atoms with Gasteiger partial charge >= 0.3 is 0 Å². The molecule has 0 fully saturated rings. The predicted octanol–water partition coefficient (Wildman–Crippen LogP) is 2.64. The standard InChI is InChI=1S/C20H17F2N9O/c1-2-24-20(32)15-9-25-18(31-19-13(7-28-31)3-12(5-23)6-26-19)4-16(15)29-14-8-27-30(10-14)11-17(21)22/h3-4,6-10,17H,2,11H2,1H3,(H,24,32)(H,25,29). The molecule has 10 nitrogen and oxygen atoms in total. The van der Waals surface area contributed by atoms with E-state index in [0.29, 0.717) is 40.3 Å². The van der Waals surface area contributed by atoms with Crippen molar-refractivity contribution in [2.24, 2.45) is 0 Å². The number of halogens is 2. The van der Waals surface area contributed by atoms with Crippen LogP contribution in [0, 0.1) is 11.3 Å². The van der Waals surface area contributed by atoms with Gasteiger partial charge in [-0.2, -0.15) is 20.1 Å². The number of amides is 1. The van der Waals surface area contributed by atoms with Gasteiger partial charge in [-0.1, -0.05) is 0 Å². The number of alkyl halides is 2. The number of hydrogen-bond acceptors (Lipinski definition) is 7. The molecule has 32 heavy (non-hydrogen) atoms. The van der Waals surface area contributed by atoms with E-state index in [1.807, 2.05) is 6.07 Å². The quantitative estimate of drug-likeness (QED) is 0.455. The lowest BCUT2D eigenvalue weighted by molar-refractivity contribution is 0.0956. The molecule has 0 aliphatic carbocycles. The average Bonchev–Trinajstić information content (AvgIpc) is 3.39. The van der Waals surface area contributed by atoms with Crippen LogP contribution in [0.2, 0.25) is 0 Å². The minimum absolute atomic E-state index is 0.258. The van der Waals surface area contributed by atoms with Crippen LogP contribution < -0.4 is 10.6 Å². The van der Waals surface area contributed by atoms with E-state index in [1.54, 1.807) is 25.3 Å². The lowest BCUT2D eigenvalue weighted by Crippen LogP contribution is -2.24. The molecular formula is C20H17F2N9O. The average molecular weight is 437 g/mol. The summed E-state index contributed by atoms with van der Waals surface area (Å²) in [6, 6.07) is 5.28. The van der Waals surface area contributed by atoms with Crippen LogP contribution in [0.3, 0.4) is 0 Å². The Morgan fingerprint density at radius 3 is 2.78 bits per heavy atom. The van der Waals surface area contributed by atoms with E-state index in [1.165, 1.54) is 29.5 Å². The highest BCUT2D eigenvalue weighted by molar-refractivity contribution is 6.00. The minimum atomic E-state index is -2.54. The number of hydrogen-bond donors (Lipinski definition) is 2. The summed E-state index contributed by atoms with van der Waals surface area (Å²) in [5.74, 6) is 0.0175. The second-order valence-corrected chi connectivity index (χ2v) is 6.72. The van der Waals surface area contributed by atoms with Crippen molar-refractivity contribution >= 4 is 28.3 Å². The second kappa shape index (κ2) is 8.76. The molecule has 12 heteroatoms. The zero-order chi connectivity index (χ0) is 22.7. The normalized spacial score (nSPS) is 11.0. The molecule has 0 aliphatic heterocycles. The Labute approximate surface area is 180 Å². The number of nitriles is 1. The summed E-state index contributed by atoms with van der Waals surface area (Å²) in [5, 5.41) is 23.6. The molecule has 0 atom stereocenters. The first-order valence-electron chi connectivity index (χ1n) is 9.58. The van der Waals surface area contributed by atoms with E-state index in [9.17, 15) is 13.6 Å². The molecule has 0 saturated heterocycles. The molecule has 4 heterocycles. The molecule has 0 saturated carbocycles. The SMILES string of the molecule is CCNC(=O)c1cnc(-n2ncc3cc(C#N)cnc32)cc1Nc1cnn(CC(F)F)c1. The number of nitrogens with zero attached hydrogens (tertiary/aromatic N) is 7. The van der Waals surface area contributed by atoms with Gasteiger partial charge in [-0.25, -0.2) is 18.7 Å². The van der Waals surface area contributed by atoms with Crippen molar-refractivity contribution in [3.63, 3.8) is 0 Å². The fourth-order valence-electron chi connectivity index (χ4n) is 3.08. The van der Waals surface area contributed by atoms with Gasteiger partial charge in [0, 0.05) is 36.6 Å². The number of anilines is 2.